The Morgan fingerprint density at radius 1 is 1.12 bits per heavy atom. The molecule has 2 nitrogen and oxygen atoms in total. The quantitative estimate of drug-likeness (QED) is 0.798. The Bertz CT molecular complexity index is 223. The minimum Gasteiger partial charge on any atom is -0.327 e. The van der Waals surface area contributed by atoms with Crippen LogP contribution in [0.5, 0.6) is 0 Å². The van der Waals surface area contributed by atoms with Gasteiger partial charge in [0.1, 0.15) is 0 Å². The SMILES string of the molecule is CN(CC1(C)CCCC1N)C1CCCCC1. The van der Waals surface area contributed by atoms with Gasteiger partial charge in [0.05, 0.1) is 0 Å². The molecule has 94 valence electrons. The van der Waals surface area contributed by atoms with Crippen LogP contribution in [-0.2, 0) is 0 Å². The molecular formula is C14H28N2. The zero-order chi connectivity index (χ0) is 11.6. The summed E-state index contributed by atoms with van der Waals surface area (Å²) in [4.78, 5) is 2.60. The molecule has 0 amide bonds. The van der Waals surface area contributed by atoms with Crippen LogP contribution in [0.1, 0.15) is 58.3 Å². The highest BCUT2D eigenvalue weighted by Crippen LogP contribution is 2.38. The first-order chi connectivity index (χ1) is 7.62. The van der Waals surface area contributed by atoms with Crippen LogP contribution in [0.4, 0.5) is 0 Å². The molecule has 2 saturated carbocycles. The van der Waals surface area contributed by atoms with E-state index >= 15 is 0 Å². The highest BCUT2D eigenvalue weighted by molar-refractivity contribution is 4.94. The van der Waals surface area contributed by atoms with Crippen molar-refractivity contribution in [1.29, 1.82) is 0 Å². The summed E-state index contributed by atoms with van der Waals surface area (Å²) in [7, 11) is 2.31. The Kier molecular flexibility index (Phi) is 3.91. The van der Waals surface area contributed by atoms with E-state index < -0.39 is 0 Å². The lowest BCUT2D eigenvalue weighted by Crippen LogP contribution is -2.46. The van der Waals surface area contributed by atoms with Gasteiger partial charge in [-0.2, -0.15) is 0 Å². The van der Waals surface area contributed by atoms with Crippen molar-refractivity contribution in [2.75, 3.05) is 13.6 Å². The molecule has 0 bridgehead atoms. The van der Waals surface area contributed by atoms with Gasteiger partial charge in [0, 0.05) is 18.6 Å². The van der Waals surface area contributed by atoms with Crippen LogP contribution in [0.2, 0.25) is 0 Å². The molecule has 2 N–H and O–H groups in total. The van der Waals surface area contributed by atoms with Crippen molar-refractivity contribution in [2.45, 2.75) is 70.4 Å². The summed E-state index contributed by atoms with van der Waals surface area (Å²) in [5, 5.41) is 0. The normalized spacial score (nSPS) is 37.1. The van der Waals surface area contributed by atoms with E-state index in [9.17, 15) is 0 Å². The Hall–Kier alpha value is -0.0800. The fourth-order valence-electron chi connectivity index (χ4n) is 3.68. The van der Waals surface area contributed by atoms with Crippen molar-refractivity contribution in [3.05, 3.63) is 0 Å². The fourth-order valence-corrected chi connectivity index (χ4v) is 3.68. The van der Waals surface area contributed by atoms with Gasteiger partial charge in [0.15, 0.2) is 0 Å². The molecule has 0 aromatic rings. The molecule has 2 aliphatic carbocycles. The summed E-state index contributed by atoms with van der Waals surface area (Å²) in [5.41, 5.74) is 6.65. The first kappa shape index (κ1) is 12.4. The van der Waals surface area contributed by atoms with Crippen molar-refractivity contribution in [2.24, 2.45) is 11.1 Å². The molecule has 0 heterocycles. The molecule has 2 atom stereocenters. The third-order valence-corrected chi connectivity index (χ3v) is 4.97. The zero-order valence-corrected chi connectivity index (χ0v) is 11.0. The van der Waals surface area contributed by atoms with Crippen molar-refractivity contribution < 1.29 is 0 Å². The number of hydrogen-bond acceptors (Lipinski definition) is 2. The Balaban J connectivity index is 1.87. The van der Waals surface area contributed by atoms with E-state index in [-0.39, 0.29) is 0 Å². The summed E-state index contributed by atoms with van der Waals surface area (Å²) < 4.78 is 0. The minimum absolute atomic E-state index is 0.381. The molecule has 2 fully saturated rings. The van der Waals surface area contributed by atoms with E-state index in [1.54, 1.807) is 0 Å². The molecule has 0 radical (unpaired) electrons. The molecule has 2 rings (SSSR count). The van der Waals surface area contributed by atoms with Gasteiger partial charge >= 0.3 is 0 Å². The van der Waals surface area contributed by atoms with Gasteiger partial charge in [-0.15, -0.1) is 0 Å². The van der Waals surface area contributed by atoms with E-state index in [0.29, 0.717) is 11.5 Å². The average Bonchev–Trinajstić information content (AvgIpc) is 2.60. The minimum atomic E-state index is 0.381. The van der Waals surface area contributed by atoms with Crippen LogP contribution in [0.25, 0.3) is 0 Å². The van der Waals surface area contributed by atoms with Gasteiger partial charge in [-0.25, -0.2) is 0 Å². The van der Waals surface area contributed by atoms with E-state index in [2.05, 4.69) is 18.9 Å². The Morgan fingerprint density at radius 2 is 1.81 bits per heavy atom. The van der Waals surface area contributed by atoms with Gasteiger partial charge in [-0.1, -0.05) is 32.6 Å². The van der Waals surface area contributed by atoms with Crippen LogP contribution in [0, 0.1) is 5.41 Å². The predicted octanol–water partition coefficient (Wildman–Crippen LogP) is 2.77. The van der Waals surface area contributed by atoms with Crippen molar-refractivity contribution in [3.8, 4) is 0 Å². The third-order valence-electron chi connectivity index (χ3n) is 4.97. The number of rotatable bonds is 3. The summed E-state index contributed by atoms with van der Waals surface area (Å²) >= 11 is 0. The standard InChI is InChI=1S/C14H28N2/c1-14(10-6-9-13(14)15)11-16(2)12-7-4-3-5-8-12/h12-13H,3-11,15H2,1-2H3. The Labute approximate surface area is 101 Å². The second-order valence-corrected chi connectivity index (χ2v) is 6.36. The lowest BCUT2D eigenvalue weighted by molar-refractivity contribution is 0.116. The van der Waals surface area contributed by atoms with Crippen LogP contribution in [0.3, 0.4) is 0 Å². The monoisotopic (exact) mass is 224 g/mol. The molecule has 0 aromatic heterocycles. The molecule has 0 spiro atoms. The summed E-state index contributed by atoms with van der Waals surface area (Å²) in [6.07, 6.45) is 11.0. The van der Waals surface area contributed by atoms with E-state index in [4.69, 9.17) is 5.73 Å². The predicted molar refractivity (Wildman–Crippen MR) is 69.4 cm³/mol. The highest BCUT2D eigenvalue weighted by Gasteiger charge is 2.38. The topological polar surface area (TPSA) is 29.3 Å². The van der Waals surface area contributed by atoms with Gasteiger partial charge in [-0.3, -0.25) is 0 Å². The largest absolute Gasteiger partial charge is 0.327 e. The van der Waals surface area contributed by atoms with E-state index in [0.717, 1.165) is 6.04 Å². The molecule has 0 aliphatic heterocycles. The summed E-state index contributed by atoms with van der Waals surface area (Å²) in [6.45, 7) is 3.60. The summed E-state index contributed by atoms with van der Waals surface area (Å²) in [6, 6.07) is 1.26. The first-order valence-corrected chi connectivity index (χ1v) is 7.08. The lowest BCUT2D eigenvalue weighted by Gasteiger charge is -2.39. The van der Waals surface area contributed by atoms with Crippen LogP contribution < -0.4 is 5.73 Å². The Morgan fingerprint density at radius 3 is 2.38 bits per heavy atom. The van der Waals surface area contributed by atoms with Crippen LogP contribution in [-0.4, -0.2) is 30.6 Å². The first-order valence-electron chi connectivity index (χ1n) is 7.08. The van der Waals surface area contributed by atoms with Crippen LogP contribution >= 0.6 is 0 Å². The second-order valence-electron chi connectivity index (χ2n) is 6.36. The van der Waals surface area contributed by atoms with Gasteiger partial charge in [0.2, 0.25) is 0 Å². The van der Waals surface area contributed by atoms with Crippen molar-refractivity contribution in [3.63, 3.8) is 0 Å². The number of nitrogens with zero attached hydrogens (tertiary/aromatic N) is 1. The second kappa shape index (κ2) is 5.05. The smallest absolute Gasteiger partial charge is 0.0105 e. The van der Waals surface area contributed by atoms with Gasteiger partial charge in [-0.05, 0) is 38.1 Å². The molecule has 2 aliphatic rings. The highest BCUT2D eigenvalue weighted by atomic mass is 15.1. The maximum atomic E-state index is 6.26. The average molecular weight is 224 g/mol. The van der Waals surface area contributed by atoms with Gasteiger partial charge in [0.25, 0.3) is 0 Å². The molecule has 0 saturated heterocycles. The third kappa shape index (κ3) is 2.60. The van der Waals surface area contributed by atoms with Crippen LogP contribution in [0.15, 0.2) is 0 Å². The molecule has 2 unspecified atom stereocenters. The lowest BCUT2D eigenvalue weighted by atomic mass is 9.83. The van der Waals surface area contributed by atoms with Crippen molar-refractivity contribution in [1.82, 2.24) is 4.90 Å². The maximum Gasteiger partial charge on any atom is 0.0105 e. The fraction of sp³-hybridized carbons (Fsp3) is 1.00. The molecule has 2 heteroatoms. The maximum absolute atomic E-state index is 6.26. The molecular weight excluding hydrogens is 196 g/mol. The van der Waals surface area contributed by atoms with Gasteiger partial charge < -0.3 is 10.6 Å². The van der Waals surface area contributed by atoms with E-state index in [1.165, 1.54) is 57.9 Å². The number of nitrogens with two attached hydrogens (primary N) is 1. The zero-order valence-electron chi connectivity index (χ0n) is 11.0. The van der Waals surface area contributed by atoms with Crippen molar-refractivity contribution >= 4 is 0 Å². The summed E-state index contributed by atoms with van der Waals surface area (Å²) in [5.74, 6) is 0. The number of hydrogen-bond donors (Lipinski definition) is 1. The molecule has 16 heavy (non-hydrogen) atoms. The van der Waals surface area contributed by atoms with E-state index in [1.807, 2.05) is 0 Å². The molecule has 0 aromatic carbocycles.